The van der Waals surface area contributed by atoms with Gasteiger partial charge in [-0.1, -0.05) is 37.3 Å². The van der Waals surface area contributed by atoms with Crippen LogP contribution in [0.2, 0.25) is 0 Å². The van der Waals surface area contributed by atoms with Crippen LogP contribution in [0.4, 0.5) is 0 Å². The van der Waals surface area contributed by atoms with Crippen molar-refractivity contribution in [2.75, 3.05) is 25.9 Å². The predicted octanol–water partition coefficient (Wildman–Crippen LogP) is 0.766. The number of amides is 1. The average Bonchev–Trinajstić information content (AvgIpc) is 2.46. The lowest BCUT2D eigenvalue weighted by atomic mass is 10.1. The zero-order valence-electron chi connectivity index (χ0n) is 13.6. The molecule has 23 heavy (non-hydrogen) atoms. The molecule has 0 aliphatic rings. The van der Waals surface area contributed by atoms with Crippen LogP contribution in [0.3, 0.4) is 0 Å². The van der Waals surface area contributed by atoms with Gasteiger partial charge < -0.3 is 11.1 Å². The van der Waals surface area contributed by atoms with Crippen molar-refractivity contribution in [2.24, 2.45) is 5.73 Å². The van der Waals surface area contributed by atoms with Crippen molar-refractivity contribution in [1.82, 2.24) is 9.62 Å². The van der Waals surface area contributed by atoms with E-state index >= 15 is 0 Å². The molecule has 3 N–H and O–H groups in total. The van der Waals surface area contributed by atoms with Crippen molar-refractivity contribution < 1.29 is 13.2 Å². The Morgan fingerprint density at radius 2 is 1.91 bits per heavy atom. The maximum Gasteiger partial charge on any atom is 0.237 e. The molecule has 0 heterocycles. The highest BCUT2D eigenvalue weighted by Crippen LogP contribution is 2.02. The van der Waals surface area contributed by atoms with E-state index in [9.17, 15) is 13.2 Å². The summed E-state index contributed by atoms with van der Waals surface area (Å²) in [6.45, 7) is 3.02. The number of hydrogen-bond acceptors (Lipinski definition) is 4. The fourth-order valence-corrected chi connectivity index (χ4v) is 3.05. The molecule has 132 valence electrons. The summed E-state index contributed by atoms with van der Waals surface area (Å²) in [5.74, 6) is -0.216. The number of nitrogens with one attached hydrogen (secondary N) is 1. The Kier molecular flexibility index (Phi) is 10.1. The van der Waals surface area contributed by atoms with Gasteiger partial charge in [-0.3, -0.25) is 4.79 Å². The van der Waals surface area contributed by atoms with Crippen LogP contribution in [0, 0.1) is 0 Å². The Labute approximate surface area is 144 Å². The number of nitrogens with zero attached hydrogens (tertiary/aromatic N) is 1. The molecule has 6 nitrogen and oxygen atoms in total. The van der Waals surface area contributed by atoms with Gasteiger partial charge in [0.2, 0.25) is 15.9 Å². The Balaban J connectivity index is 0.00000484. The topological polar surface area (TPSA) is 92.5 Å². The van der Waals surface area contributed by atoms with Crippen LogP contribution in [0.5, 0.6) is 0 Å². The molecule has 1 amide bonds. The van der Waals surface area contributed by atoms with Gasteiger partial charge in [0, 0.05) is 19.6 Å². The molecule has 0 saturated heterocycles. The number of sulfonamides is 1. The summed E-state index contributed by atoms with van der Waals surface area (Å²) in [4.78, 5) is 11.9. The van der Waals surface area contributed by atoms with E-state index in [0.29, 0.717) is 32.5 Å². The van der Waals surface area contributed by atoms with Gasteiger partial charge in [-0.25, -0.2) is 12.7 Å². The van der Waals surface area contributed by atoms with Crippen molar-refractivity contribution in [3.8, 4) is 0 Å². The summed E-state index contributed by atoms with van der Waals surface area (Å²) in [7, 11) is -3.18. The van der Waals surface area contributed by atoms with Crippen molar-refractivity contribution in [1.29, 1.82) is 0 Å². The molecule has 0 aliphatic carbocycles. The second-order valence-electron chi connectivity index (χ2n) is 5.20. The van der Waals surface area contributed by atoms with Crippen LogP contribution in [0.25, 0.3) is 0 Å². The molecule has 1 aromatic rings. The number of benzene rings is 1. The molecular weight excluding hydrogens is 338 g/mol. The maximum atomic E-state index is 11.9. The van der Waals surface area contributed by atoms with Crippen LogP contribution in [0.1, 0.15) is 18.9 Å². The molecular formula is C15H26ClN3O3S. The lowest BCUT2D eigenvalue weighted by Gasteiger charge is -2.18. The number of nitrogens with two attached hydrogens (primary N) is 1. The van der Waals surface area contributed by atoms with E-state index in [1.807, 2.05) is 30.3 Å². The molecule has 1 atom stereocenters. The molecule has 8 heteroatoms. The second-order valence-corrected chi connectivity index (χ2v) is 7.18. The molecule has 0 fully saturated rings. The Hall–Kier alpha value is -1.15. The molecule has 1 aromatic carbocycles. The third kappa shape index (κ3) is 8.31. The lowest BCUT2D eigenvalue weighted by molar-refractivity contribution is -0.122. The number of carbonyl (C=O) groups excluding carboxylic acids is 1. The van der Waals surface area contributed by atoms with E-state index < -0.39 is 16.1 Å². The van der Waals surface area contributed by atoms with E-state index in [0.717, 1.165) is 5.56 Å². The van der Waals surface area contributed by atoms with Gasteiger partial charge in [-0.2, -0.15) is 0 Å². The standard InChI is InChI=1S/C15H25N3O3S.ClH/c1-3-18(22(2,20)21)11-7-10-17-15(19)14(16)12-13-8-5-4-6-9-13;/h4-6,8-9,14H,3,7,10-12,16H2,1-2H3,(H,17,19);1H. The van der Waals surface area contributed by atoms with E-state index in [1.54, 1.807) is 6.92 Å². The molecule has 0 bridgehead atoms. The normalized spacial score (nSPS) is 12.5. The Morgan fingerprint density at radius 1 is 1.30 bits per heavy atom. The van der Waals surface area contributed by atoms with Gasteiger partial charge in [-0.15, -0.1) is 12.4 Å². The first-order chi connectivity index (χ1) is 10.3. The third-order valence-electron chi connectivity index (χ3n) is 3.34. The highest BCUT2D eigenvalue weighted by Gasteiger charge is 2.15. The predicted molar refractivity (Wildman–Crippen MR) is 95.1 cm³/mol. The number of rotatable bonds is 9. The summed E-state index contributed by atoms with van der Waals surface area (Å²) in [5.41, 5.74) is 6.88. The molecule has 1 rings (SSSR count). The van der Waals surface area contributed by atoms with Crippen molar-refractivity contribution in [3.05, 3.63) is 35.9 Å². The molecule has 0 aliphatic heterocycles. The number of hydrogen-bond donors (Lipinski definition) is 2. The van der Waals surface area contributed by atoms with Gasteiger partial charge in [-0.05, 0) is 18.4 Å². The van der Waals surface area contributed by atoms with Crippen molar-refractivity contribution in [2.45, 2.75) is 25.8 Å². The summed E-state index contributed by atoms with van der Waals surface area (Å²) in [6, 6.07) is 8.99. The van der Waals surface area contributed by atoms with Gasteiger partial charge in [0.05, 0.1) is 12.3 Å². The van der Waals surface area contributed by atoms with Gasteiger partial charge in [0.1, 0.15) is 0 Å². The smallest absolute Gasteiger partial charge is 0.237 e. The highest BCUT2D eigenvalue weighted by molar-refractivity contribution is 7.88. The highest BCUT2D eigenvalue weighted by atomic mass is 35.5. The molecule has 0 aromatic heterocycles. The lowest BCUT2D eigenvalue weighted by Crippen LogP contribution is -2.43. The first-order valence-electron chi connectivity index (χ1n) is 7.37. The third-order valence-corrected chi connectivity index (χ3v) is 4.72. The van der Waals surface area contributed by atoms with Crippen LogP contribution >= 0.6 is 12.4 Å². The van der Waals surface area contributed by atoms with E-state index in [1.165, 1.54) is 10.6 Å². The fourth-order valence-electron chi connectivity index (χ4n) is 2.12. The number of halogens is 1. The van der Waals surface area contributed by atoms with Crippen LogP contribution in [0.15, 0.2) is 30.3 Å². The van der Waals surface area contributed by atoms with Crippen LogP contribution in [-0.4, -0.2) is 50.6 Å². The summed E-state index contributed by atoms with van der Waals surface area (Å²) in [5, 5.41) is 2.75. The molecule has 1 unspecified atom stereocenters. The van der Waals surface area contributed by atoms with Gasteiger partial charge >= 0.3 is 0 Å². The average molecular weight is 364 g/mol. The second kappa shape index (κ2) is 10.6. The van der Waals surface area contributed by atoms with Crippen LogP contribution in [-0.2, 0) is 21.2 Å². The minimum absolute atomic E-state index is 0. The SMILES string of the molecule is CCN(CCCNC(=O)C(N)Cc1ccccc1)S(C)(=O)=O.Cl. The summed E-state index contributed by atoms with van der Waals surface area (Å²) < 4.78 is 24.2. The van der Waals surface area contributed by atoms with E-state index in [-0.39, 0.29) is 18.3 Å². The zero-order chi connectivity index (χ0) is 16.6. The minimum atomic E-state index is -3.18. The summed E-state index contributed by atoms with van der Waals surface area (Å²) >= 11 is 0. The van der Waals surface area contributed by atoms with Crippen molar-refractivity contribution in [3.63, 3.8) is 0 Å². The minimum Gasteiger partial charge on any atom is -0.355 e. The fraction of sp³-hybridized carbons (Fsp3) is 0.533. The van der Waals surface area contributed by atoms with Crippen LogP contribution < -0.4 is 11.1 Å². The quantitative estimate of drug-likeness (QED) is 0.634. The Morgan fingerprint density at radius 3 is 2.43 bits per heavy atom. The summed E-state index contributed by atoms with van der Waals surface area (Å²) in [6.07, 6.45) is 2.23. The monoisotopic (exact) mass is 363 g/mol. The van der Waals surface area contributed by atoms with Gasteiger partial charge in [0.15, 0.2) is 0 Å². The largest absolute Gasteiger partial charge is 0.355 e. The van der Waals surface area contributed by atoms with Crippen molar-refractivity contribution >= 4 is 28.3 Å². The molecule has 0 radical (unpaired) electrons. The number of carbonyl (C=O) groups is 1. The molecule has 0 spiro atoms. The maximum absolute atomic E-state index is 11.9. The molecule has 0 saturated carbocycles. The van der Waals surface area contributed by atoms with E-state index in [2.05, 4.69) is 5.32 Å². The van der Waals surface area contributed by atoms with E-state index in [4.69, 9.17) is 5.73 Å². The first kappa shape index (κ1) is 21.9. The zero-order valence-corrected chi connectivity index (χ0v) is 15.2. The van der Waals surface area contributed by atoms with Gasteiger partial charge in [0.25, 0.3) is 0 Å². The first-order valence-corrected chi connectivity index (χ1v) is 9.21. The Bertz CT molecular complexity index is 567.